The molecule has 2 aromatic rings. The predicted octanol–water partition coefficient (Wildman–Crippen LogP) is 2.72. The Morgan fingerprint density at radius 3 is 2.61 bits per heavy atom. The van der Waals surface area contributed by atoms with Gasteiger partial charge in [-0.25, -0.2) is 0 Å². The van der Waals surface area contributed by atoms with Crippen LogP contribution in [0.2, 0.25) is 0 Å². The number of benzene rings is 1. The second-order valence-corrected chi connectivity index (χ2v) is 5.88. The van der Waals surface area contributed by atoms with E-state index in [1.165, 1.54) is 18.4 Å². The number of amides is 1. The molecular weight excluding hydrogens is 314 g/mol. The van der Waals surface area contributed by atoms with E-state index in [2.05, 4.69) is 5.32 Å². The molecule has 1 heterocycles. The van der Waals surface area contributed by atoms with Crippen LogP contribution in [0.25, 0.3) is 0 Å². The van der Waals surface area contributed by atoms with Crippen molar-refractivity contribution in [2.75, 3.05) is 14.2 Å². The third kappa shape index (κ3) is 4.82. The third-order valence-corrected chi connectivity index (χ3v) is 4.35. The summed E-state index contributed by atoms with van der Waals surface area (Å²) in [7, 11) is 2.91. The second-order valence-electron chi connectivity index (χ2n) is 4.90. The van der Waals surface area contributed by atoms with Crippen molar-refractivity contribution in [1.82, 2.24) is 5.32 Å². The normalized spacial score (nSPS) is 11.6. The van der Waals surface area contributed by atoms with Crippen molar-refractivity contribution in [3.63, 3.8) is 0 Å². The highest BCUT2D eigenvalue weighted by atomic mass is 32.1. The SMILES string of the molecule is COC(=O)C[C@@H](NC(=O)Cc1ccccc1OC)c1cccs1. The number of carbonyl (C=O) groups excluding carboxylic acids is 2. The van der Waals surface area contributed by atoms with Gasteiger partial charge in [-0.1, -0.05) is 24.3 Å². The molecule has 0 radical (unpaired) electrons. The van der Waals surface area contributed by atoms with Crippen LogP contribution in [-0.4, -0.2) is 26.1 Å². The fourth-order valence-corrected chi connectivity index (χ4v) is 3.01. The van der Waals surface area contributed by atoms with Crippen molar-refractivity contribution in [2.45, 2.75) is 18.9 Å². The van der Waals surface area contributed by atoms with E-state index in [1.54, 1.807) is 7.11 Å². The summed E-state index contributed by atoms with van der Waals surface area (Å²) in [5, 5.41) is 4.81. The molecular formula is C17H19NO4S. The van der Waals surface area contributed by atoms with E-state index in [0.29, 0.717) is 5.75 Å². The molecule has 0 aliphatic rings. The van der Waals surface area contributed by atoms with Gasteiger partial charge in [-0.3, -0.25) is 9.59 Å². The summed E-state index contributed by atoms with van der Waals surface area (Å²) in [6.45, 7) is 0. The lowest BCUT2D eigenvalue weighted by Crippen LogP contribution is -2.31. The van der Waals surface area contributed by atoms with E-state index in [4.69, 9.17) is 9.47 Å². The van der Waals surface area contributed by atoms with E-state index in [9.17, 15) is 9.59 Å². The molecule has 1 amide bonds. The molecule has 0 unspecified atom stereocenters. The van der Waals surface area contributed by atoms with Crippen molar-refractivity contribution in [3.05, 3.63) is 52.2 Å². The number of hydrogen-bond donors (Lipinski definition) is 1. The molecule has 1 atom stereocenters. The molecule has 0 aliphatic carbocycles. The van der Waals surface area contributed by atoms with Gasteiger partial charge in [-0.2, -0.15) is 0 Å². The summed E-state index contributed by atoms with van der Waals surface area (Å²) < 4.78 is 9.96. The van der Waals surface area contributed by atoms with Crippen LogP contribution >= 0.6 is 11.3 Å². The molecule has 0 aliphatic heterocycles. The van der Waals surface area contributed by atoms with E-state index in [1.807, 2.05) is 41.8 Å². The molecule has 0 fully saturated rings. The van der Waals surface area contributed by atoms with Gasteiger partial charge < -0.3 is 14.8 Å². The zero-order valence-corrected chi connectivity index (χ0v) is 13.9. The van der Waals surface area contributed by atoms with Crippen molar-refractivity contribution in [3.8, 4) is 5.75 Å². The van der Waals surface area contributed by atoms with Gasteiger partial charge in [0.25, 0.3) is 0 Å². The van der Waals surface area contributed by atoms with Crippen LogP contribution < -0.4 is 10.1 Å². The summed E-state index contributed by atoms with van der Waals surface area (Å²) in [6.07, 6.45) is 0.293. The van der Waals surface area contributed by atoms with E-state index < -0.39 is 0 Å². The standard InChI is InChI=1S/C17H19NO4S/c1-21-14-7-4-3-6-12(14)10-16(19)18-13(11-17(20)22-2)15-8-5-9-23-15/h3-9,13H,10-11H2,1-2H3,(H,18,19)/t13-/m1/s1. The molecule has 1 aromatic heterocycles. The Morgan fingerprint density at radius 1 is 1.17 bits per heavy atom. The highest BCUT2D eigenvalue weighted by Gasteiger charge is 2.20. The van der Waals surface area contributed by atoms with Crippen LogP contribution in [0.4, 0.5) is 0 Å². The molecule has 0 spiro atoms. The van der Waals surface area contributed by atoms with Gasteiger partial charge in [-0.05, 0) is 17.5 Å². The Balaban J connectivity index is 2.07. The second kappa shape index (κ2) is 8.33. The van der Waals surface area contributed by atoms with E-state index >= 15 is 0 Å². The van der Waals surface area contributed by atoms with Crippen molar-refractivity contribution in [1.29, 1.82) is 0 Å². The molecule has 0 bridgehead atoms. The van der Waals surface area contributed by atoms with Crippen molar-refractivity contribution < 1.29 is 19.1 Å². The molecule has 0 saturated heterocycles. The maximum absolute atomic E-state index is 12.3. The van der Waals surface area contributed by atoms with Gasteiger partial charge in [0.15, 0.2) is 0 Å². The summed E-state index contributed by atoms with van der Waals surface area (Å²) in [5.41, 5.74) is 0.801. The zero-order valence-electron chi connectivity index (χ0n) is 13.1. The number of nitrogens with one attached hydrogen (secondary N) is 1. The first-order valence-corrected chi connectivity index (χ1v) is 8.03. The molecule has 5 nitrogen and oxygen atoms in total. The number of para-hydroxylation sites is 1. The largest absolute Gasteiger partial charge is 0.496 e. The quantitative estimate of drug-likeness (QED) is 0.791. The first kappa shape index (κ1) is 17.0. The number of ether oxygens (including phenoxy) is 2. The van der Waals surface area contributed by atoms with Crippen LogP contribution in [0.3, 0.4) is 0 Å². The van der Waals surface area contributed by atoms with Crippen LogP contribution in [0.1, 0.15) is 22.9 Å². The van der Waals surface area contributed by atoms with E-state index in [0.717, 1.165) is 10.4 Å². The zero-order chi connectivity index (χ0) is 16.7. The van der Waals surface area contributed by atoms with Crippen LogP contribution in [-0.2, 0) is 20.7 Å². The summed E-state index contributed by atoms with van der Waals surface area (Å²) in [5.74, 6) is 0.140. The van der Waals surface area contributed by atoms with Crippen LogP contribution in [0.15, 0.2) is 41.8 Å². The van der Waals surface area contributed by atoms with Gasteiger partial charge in [0, 0.05) is 10.4 Å². The topological polar surface area (TPSA) is 64.6 Å². The van der Waals surface area contributed by atoms with Crippen LogP contribution in [0.5, 0.6) is 5.75 Å². The number of methoxy groups -OCH3 is 2. The average molecular weight is 333 g/mol. The van der Waals surface area contributed by atoms with E-state index in [-0.39, 0.29) is 30.8 Å². The van der Waals surface area contributed by atoms with Gasteiger partial charge >= 0.3 is 5.97 Å². The smallest absolute Gasteiger partial charge is 0.307 e. The number of rotatable bonds is 7. The van der Waals surface area contributed by atoms with Gasteiger partial charge in [0.05, 0.1) is 33.1 Å². The summed E-state index contributed by atoms with van der Waals surface area (Å²) in [4.78, 5) is 24.8. The highest BCUT2D eigenvalue weighted by molar-refractivity contribution is 7.10. The minimum Gasteiger partial charge on any atom is -0.496 e. The molecule has 23 heavy (non-hydrogen) atoms. The fraction of sp³-hybridized carbons (Fsp3) is 0.294. The third-order valence-electron chi connectivity index (χ3n) is 3.36. The van der Waals surface area contributed by atoms with Gasteiger partial charge in [-0.15, -0.1) is 11.3 Å². The number of esters is 1. The highest BCUT2D eigenvalue weighted by Crippen LogP contribution is 2.23. The Bertz CT molecular complexity index is 654. The maximum Gasteiger partial charge on any atom is 0.307 e. The summed E-state index contributed by atoms with van der Waals surface area (Å²) in [6, 6.07) is 10.8. The lowest BCUT2D eigenvalue weighted by molar-refractivity contribution is -0.141. The van der Waals surface area contributed by atoms with Crippen molar-refractivity contribution >= 4 is 23.2 Å². The molecule has 1 N–H and O–H groups in total. The number of carbonyl (C=O) groups is 2. The molecule has 0 saturated carbocycles. The van der Waals surface area contributed by atoms with Crippen molar-refractivity contribution in [2.24, 2.45) is 0 Å². The minimum atomic E-state index is -0.385. The lowest BCUT2D eigenvalue weighted by Gasteiger charge is -2.17. The summed E-state index contributed by atoms with van der Waals surface area (Å²) >= 11 is 1.49. The predicted molar refractivity (Wildman–Crippen MR) is 88.5 cm³/mol. The Morgan fingerprint density at radius 2 is 1.96 bits per heavy atom. The Labute approximate surface area is 139 Å². The monoisotopic (exact) mass is 333 g/mol. The minimum absolute atomic E-state index is 0.106. The molecule has 6 heteroatoms. The maximum atomic E-state index is 12.3. The Hall–Kier alpha value is -2.34. The first-order chi connectivity index (χ1) is 11.1. The molecule has 122 valence electrons. The number of hydrogen-bond acceptors (Lipinski definition) is 5. The van der Waals surface area contributed by atoms with Gasteiger partial charge in [0.2, 0.25) is 5.91 Å². The van der Waals surface area contributed by atoms with Gasteiger partial charge in [0.1, 0.15) is 5.75 Å². The first-order valence-electron chi connectivity index (χ1n) is 7.15. The Kier molecular flexibility index (Phi) is 6.17. The molecule has 2 rings (SSSR count). The average Bonchev–Trinajstić information content (AvgIpc) is 3.09. The van der Waals surface area contributed by atoms with Crippen LogP contribution in [0, 0.1) is 0 Å². The lowest BCUT2D eigenvalue weighted by atomic mass is 10.1. The number of thiophene rings is 1. The fourth-order valence-electron chi connectivity index (χ4n) is 2.23. The molecule has 1 aromatic carbocycles.